The van der Waals surface area contributed by atoms with Crippen LogP contribution in [0.2, 0.25) is 0 Å². The molecule has 2 aromatic carbocycles. The molecule has 0 heterocycles. The van der Waals surface area contributed by atoms with E-state index in [1.165, 1.54) is 24.5 Å². The van der Waals surface area contributed by atoms with Gasteiger partial charge < -0.3 is 4.74 Å². The molecule has 0 radical (unpaired) electrons. The summed E-state index contributed by atoms with van der Waals surface area (Å²) in [6, 6.07) is 16.5. The fourth-order valence-electron chi connectivity index (χ4n) is 2.56. The molecule has 0 aliphatic heterocycles. The SMILES string of the molecule is CC.COC(=O)C1Cc2ccccc2C1.CS(=O)(=O)c1ccccc1. The zero-order chi connectivity index (χ0) is 18.9. The molecule has 0 amide bonds. The zero-order valence-corrected chi connectivity index (χ0v) is 16.0. The number of rotatable bonds is 2. The Hall–Kier alpha value is -2.14. The maximum atomic E-state index is 11.3. The number of esters is 1. The van der Waals surface area contributed by atoms with E-state index in [2.05, 4.69) is 12.1 Å². The Morgan fingerprint density at radius 2 is 1.36 bits per heavy atom. The van der Waals surface area contributed by atoms with E-state index >= 15 is 0 Å². The number of methoxy groups -OCH3 is 1. The number of hydrogen-bond donors (Lipinski definition) is 0. The molecule has 1 aliphatic carbocycles. The molecular formula is C20H26O4S. The summed E-state index contributed by atoms with van der Waals surface area (Å²) in [5.41, 5.74) is 2.58. The van der Waals surface area contributed by atoms with Crippen LogP contribution in [0.25, 0.3) is 0 Å². The van der Waals surface area contributed by atoms with Gasteiger partial charge in [-0.25, -0.2) is 8.42 Å². The van der Waals surface area contributed by atoms with Gasteiger partial charge in [-0.2, -0.15) is 0 Å². The van der Waals surface area contributed by atoms with E-state index in [0.717, 1.165) is 12.8 Å². The lowest BCUT2D eigenvalue weighted by atomic mass is 10.1. The molecule has 5 heteroatoms. The minimum Gasteiger partial charge on any atom is -0.469 e. The average molecular weight is 362 g/mol. The van der Waals surface area contributed by atoms with Gasteiger partial charge in [-0.05, 0) is 36.1 Å². The van der Waals surface area contributed by atoms with Gasteiger partial charge in [-0.3, -0.25) is 4.79 Å². The lowest BCUT2D eigenvalue weighted by Gasteiger charge is -2.04. The van der Waals surface area contributed by atoms with Crippen LogP contribution >= 0.6 is 0 Å². The largest absolute Gasteiger partial charge is 0.469 e. The second kappa shape index (κ2) is 9.99. The number of carbonyl (C=O) groups is 1. The summed E-state index contributed by atoms with van der Waals surface area (Å²) >= 11 is 0. The van der Waals surface area contributed by atoms with Crippen molar-refractivity contribution in [3.63, 3.8) is 0 Å². The van der Waals surface area contributed by atoms with Crippen LogP contribution in [0.3, 0.4) is 0 Å². The summed E-state index contributed by atoms with van der Waals surface area (Å²) in [5, 5.41) is 0. The van der Waals surface area contributed by atoms with E-state index in [1.54, 1.807) is 30.3 Å². The summed E-state index contributed by atoms with van der Waals surface area (Å²) in [6.07, 6.45) is 2.87. The first-order chi connectivity index (χ1) is 11.9. The summed E-state index contributed by atoms with van der Waals surface area (Å²) in [7, 11) is -1.55. The Morgan fingerprint density at radius 3 is 1.72 bits per heavy atom. The lowest BCUT2D eigenvalue weighted by Crippen LogP contribution is -2.15. The van der Waals surface area contributed by atoms with E-state index in [9.17, 15) is 13.2 Å². The van der Waals surface area contributed by atoms with Crippen molar-refractivity contribution >= 4 is 15.8 Å². The first-order valence-electron chi connectivity index (χ1n) is 8.31. The van der Waals surface area contributed by atoms with Crippen molar-refractivity contribution < 1.29 is 17.9 Å². The topological polar surface area (TPSA) is 60.4 Å². The van der Waals surface area contributed by atoms with Crippen LogP contribution in [0.4, 0.5) is 0 Å². The van der Waals surface area contributed by atoms with Crippen molar-refractivity contribution in [2.75, 3.05) is 13.4 Å². The Morgan fingerprint density at radius 1 is 0.920 bits per heavy atom. The Bertz CT molecular complexity index is 742. The smallest absolute Gasteiger partial charge is 0.309 e. The average Bonchev–Trinajstić information content (AvgIpc) is 3.07. The summed E-state index contributed by atoms with van der Waals surface area (Å²) in [6.45, 7) is 4.00. The third-order valence-corrected chi connectivity index (χ3v) is 4.89. The Labute approximate surface area is 150 Å². The van der Waals surface area contributed by atoms with E-state index in [-0.39, 0.29) is 11.9 Å². The van der Waals surface area contributed by atoms with Gasteiger partial charge in [-0.1, -0.05) is 56.3 Å². The van der Waals surface area contributed by atoms with Gasteiger partial charge in [0.2, 0.25) is 0 Å². The molecule has 4 nitrogen and oxygen atoms in total. The number of benzene rings is 2. The van der Waals surface area contributed by atoms with Crippen LogP contribution in [0.1, 0.15) is 25.0 Å². The number of carbonyl (C=O) groups excluding carboxylic acids is 1. The highest BCUT2D eigenvalue weighted by Gasteiger charge is 2.27. The quantitative estimate of drug-likeness (QED) is 0.765. The normalized spacial score (nSPS) is 12.8. The van der Waals surface area contributed by atoms with Gasteiger partial charge in [0.1, 0.15) is 0 Å². The van der Waals surface area contributed by atoms with Crippen molar-refractivity contribution in [1.29, 1.82) is 0 Å². The highest BCUT2D eigenvalue weighted by atomic mass is 32.2. The second-order valence-electron chi connectivity index (χ2n) is 5.48. The Kier molecular flexibility index (Phi) is 8.35. The second-order valence-corrected chi connectivity index (χ2v) is 7.50. The molecule has 0 aromatic heterocycles. The fraction of sp³-hybridized carbons (Fsp3) is 0.350. The minimum atomic E-state index is -3.00. The highest BCUT2D eigenvalue weighted by Crippen LogP contribution is 2.26. The minimum absolute atomic E-state index is 0.0439. The number of ether oxygens (including phenoxy) is 1. The van der Waals surface area contributed by atoms with E-state index in [0.29, 0.717) is 4.90 Å². The van der Waals surface area contributed by atoms with Crippen LogP contribution < -0.4 is 0 Å². The molecule has 136 valence electrons. The molecule has 2 aromatic rings. The summed E-state index contributed by atoms with van der Waals surface area (Å²) in [5.74, 6) is -0.0430. The van der Waals surface area contributed by atoms with Crippen molar-refractivity contribution in [3.8, 4) is 0 Å². The van der Waals surface area contributed by atoms with Crippen molar-refractivity contribution in [1.82, 2.24) is 0 Å². The molecular weight excluding hydrogens is 336 g/mol. The Balaban J connectivity index is 0.000000235. The van der Waals surface area contributed by atoms with Gasteiger partial charge in [0.25, 0.3) is 0 Å². The third kappa shape index (κ3) is 6.35. The predicted molar refractivity (Wildman–Crippen MR) is 100 cm³/mol. The summed E-state index contributed by atoms with van der Waals surface area (Å²) in [4.78, 5) is 11.6. The third-order valence-electron chi connectivity index (χ3n) is 3.76. The fourth-order valence-corrected chi connectivity index (χ4v) is 3.21. The molecule has 3 rings (SSSR count). The van der Waals surface area contributed by atoms with E-state index in [4.69, 9.17) is 4.74 Å². The standard InChI is InChI=1S/C11H12O2.C7H8O2S.C2H6/c1-13-11(12)10-6-8-4-2-3-5-9(8)7-10;1-10(8,9)7-5-3-2-4-6-7;1-2/h2-5,10H,6-7H2,1H3;2-6H,1H3;1-2H3. The summed E-state index contributed by atoms with van der Waals surface area (Å²) < 4.78 is 26.4. The van der Waals surface area contributed by atoms with Crippen LogP contribution in [-0.2, 0) is 32.2 Å². The molecule has 0 spiro atoms. The molecule has 0 bridgehead atoms. The van der Waals surface area contributed by atoms with Gasteiger partial charge in [0, 0.05) is 6.26 Å². The van der Waals surface area contributed by atoms with Crippen molar-refractivity contribution in [2.45, 2.75) is 31.6 Å². The number of sulfone groups is 1. The van der Waals surface area contributed by atoms with Crippen LogP contribution in [0.5, 0.6) is 0 Å². The molecule has 25 heavy (non-hydrogen) atoms. The monoisotopic (exact) mass is 362 g/mol. The molecule has 0 N–H and O–H groups in total. The maximum absolute atomic E-state index is 11.3. The molecule has 0 atom stereocenters. The van der Waals surface area contributed by atoms with Gasteiger partial charge in [0.15, 0.2) is 9.84 Å². The maximum Gasteiger partial charge on any atom is 0.309 e. The van der Waals surface area contributed by atoms with E-state index in [1.807, 2.05) is 26.0 Å². The number of hydrogen-bond acceptors (Lipinski definition) is 4. The van der Waals surface area contributed by atoms with Crippen LogP contribution in [-0.4, -0.2) is 27.8 Å². The first-order valence-corrected chi connectivity index (χ1v) is 10.2. The molecule has 0 saturated carbocycles. The first kappa shape index (κ1) is 20.9. The molecule has 0 saturated heterocycles. The molecule has 1 aliphatic rings. The van der Waals surface area contributed by atoms with Crippen molar-refractivity contribution in [2.24, 2.45) is 5.92 Å². The predicted octanol–water partition coefficient (Wildman–Crippen LogP) is 3.69. The van der Waals surface area contributed by atoms with Crippen molar-refractivity contribution in [3.05, 3.63) is 65.7 Å². The van der Waals surface area contributed by atoms with Gasteiger partial charge in [-0.15, -0.1) is 0 Å². The molecule has 0 fully saturated rings. The van der Waals surface area contributed by atoms with Crippen LogP contribution in [0.15, 0.2) is 59.5 Å². The highest BCUT2D eigenvalue weighted by molar-refractivity contribution is 7.90. The van der Waals surface area contributed by atoms with Gasteiger partial charge >= 0.3 is 5.97 Å². The van der Waals surface area contributed by atoms with E-state index < -0.39 is 9.84 Å². The zero-order valence-electron chi connectivity index (χ0n) is 15.2. The van der Waals surface area contributed by atoms with Gasteiger partial charge in [0.05, 0.1) is 17.9 Å². The molecule has 0 unspecified atom stereocenters. The van der Waals surface area contributed by atoms with Crippen LogP contribution in [0, 0.1) is 5.92 Å². The lowest BCUT2D eigenvalue weighted by molar-refractivity contribution is -0.145. The number of fused-ring (bicyclic) bond motifs is 1.